The molecule has 0 aliphatic carbocycles. The second kappa shape index (κ2) is 8.63. The van der Waals surface area contributed by atoms with Gasteiger partial charge in [-0.15, -0.1) is 0 Å². The van der Waals surface area contributed by atoms with Crippen molar-refractivity contribution in [2.75, 3.05) is 0 Å². The van der Waals surface area contributed by atoms with E-state index in [9.17, 15) is 0 Å². The maximum Gasteiger partial charge on any atom is 0 e. The summed E-state index contributed by atoms with van der Waals surface area (Å²) < 4.78 is 0. The molecule has 0 nitrogen and oxygen atoms in total. The van der Waals surface area contributed by atoms with Crippen molar-refractivity contribution in [1.29, 1.82) is 0 Å². The van der Waals surface area contributed by atoms with Gasteiger partial charge in [-0.2, -0.15) is 41.0 Å². The van der Waals surface area contributed by atoms with E-state index < -0.39 is 0 Å². The van der Waals surface area contributed by atoms with Crippen LogP contribution >= 0.6 is 0 Å². The third-order valence-electron chi connectivity index (χ3n) is 2.76. The second-order valence-electron chi connectivity index (χ2n) is 4.30. The molecule has 0 aliphatic rings. The molecule has 0 atom stereocenters. The fourth-order valence-corrected chi connectivity index (χ4v) is 1.71. The molecule has 0 heterocycles. The van der Waals surface area contributed by atoms with Gasteiger partial charge in [-0.3, -0.25) is 0 Å². The van der Waals surface area contributed by atoms with Crippen molar-refractivity contribution >= 4 is 0 Å². The molecule has 0 saturated heterocycles. The van der Waals surface area contributed by atoms with Gasteiger partial charge in [-0.05, 0) is 0 Å². The van der Waals surface area contributed by atoms with Gasteiger partial charge in [0.25, 0.3) is 0 Å². The van der Waals surface area contributed by atoms with Crippen molar-refractivity contribution in [3.8, 4) is 0 Å². The maximum absolute atomic E-state index is 2.28. The second-order valence-corrected chi connectivity index (χ2v) is 4.30. The molecule has 0 aromatic heterocycles. The molecular formula is C16H22Hf-2. The quantitative estimate of drug-likeness (QED) is 0.519. The van der Waals surface area contributed by atoms with E-state index in [2.05, 4.69) is 64.1 Å². The molecule has 17 heavy (non-hydrogen) atoms. The molecule has 0 spiro atoms. The van der Waals surface area contributed by atoms with Crippen LogP contribution in [0.2, 0.25) is 0 Å². The fourth-order valence-electron chi connectivity index (χ4n) is 1.71. The van der Waals surface area contributed by atoms with E-state index >= 15 is 0 Å². The molecule has 0 bridgehead atoms. The van der Waals surface area contributed by atoms with Gasteiger partial charge in [-0.25, -0.2) is 17.7 Å². The van der Waals surface area contributed by atoms with Gasteiger partial charge in [-0.1, -0.05) is 40.5 Å². The van der Waals surface area contributed by atoms with Gasteiger partial charge in [0.1, 0.15) is 0 Å². The number of aryl methyl sites for hydroxylation is 4. The number of hydrogen-bond acceptors (Lipinski definition) is 0. The Hall–Kier alpha value is -0.430. The molecule has 2 aromatic rings. The summed E-state index contributed by atoms with van der Waals surface area (Å²) in [4.78, 5) is 0. The number of hydrogen-bond donors (Lipinski definition) is 0. The van der Waals surface area contributed by atoms with Crippen LogP contribution in [0.4, 0.5) is 0 Å². The molecule has 0 amide bonds. The van der Waals surface area contributed by atoms with Gasteiger partial charge < -0.3 is 0 Å². The summed E-state index contributed by atoms with van der Waals surface area (Å²) in [6.07, 6.45) is 2.33. The standard InChI is InChI=1S/C9H13.C7H9.Hf/c1-3-8-5-6-9(4-2)7-8;1-6-3-4-7(2)5-6;/h5-7H,3-4H2,1-2H3;3-5H,1-2H3;/q2*-1;. The van der Waals surface area contributed by atoms with E-state index in [0.29, 0.717) is 0 Å². The first kappa shape index (κ1) is 16.6. The Morgan fingerprint density at radius 1 is 1.06 bits per heavy atom. The zero-order valence-corrected chi connectivity index (χ0v) is 15.0. The third kappa shape index (κ3) is 6.16. The molecule has 0 aliphatic heterocycles. The maximum atomic E-state index is 2.28. The topological polar surface area (TPSA) is 0 Å². The Bertz CT molecular complexity index is 372. The summed E-state index contributed by atoms with van der Waals surface area (Å²) in [6, 6.07) is 13.1. The predicted octanol–water partition coefficient (Wildman–Crippen LogP) is 4.55. The van der Waals surface area contributed by atoms with Gasteiger partial charge in [0.2, 0.25) is 0 Å². The zero-order chi connectivity index (χ0) is 12.0. The van der Waals surface area contributed by atoms with Crippen LogP contribution in [0.5, 0.6) is 0 Å². The van der Waals surface area contributed by atoms with Crippen LogP contribution in [0, 0.1) is 13.8 Å². The third-order valence-corrected chi connectivity index (χ3v) is 2.76. The Kier molecular flexibility index (Phi) is 8.41. The first-order valence-electron chi connectivity index (χ1n) is 6.10. The average Bonchev–Trinajstić information content (AvgIpc) is 2.88. The monoisotopic (exact) mass is 394 g/mol. The fraction of sp³-hybridized carbons (Fsp3) is 0.375. The Morgan fingerprint density at radius 2 is 1.76 bits per heavy atom. The average molecular weight is 393 g/mol. The summed E-state index contributed by atoms with van der Waals surface area (Å²) in [5, 5.41) is 0. The van der Waals surface area contributed by atoms with E-state index in [-0.39, 0.29) is 25.8 Å². The van der Waals surface area contributed by atoms with Gasteiger partial charge in [0.15, 0.2) is 0 Å². The van der Waals surface area contributed by atoms with Crippen molar-refractivity contribution in [1.82, 2.24) is 0 Å². The van der Waals surface area contributed by atoms with Crippen molar-refractivity contribution < 1.29 is 25.8 Å². The van der Waals surface area contributed by atoms with E-state index in [1.165, 1.54) is 35.1 Å². The van der Waals surface area contributed by atoms with Crippen LogP contribution in [0.25, 0.3) is 0 Å². The normalized spacial score (nSPS) is 9.18. The summed E-state index contributed by atoms with van der Waals surface area (Å²) >= 11 is 0. The van der Waals surface area contributed by atoms with Crippen LogP contribution in [0.3, 0.4) is 0 Å². The van der Waals surface area contributed by atoms with Crippen LogP contribution in [0.15, 0.2) is 36.4 Å². The first-order valence-corrected chi connectivity index (χ1v) is 6.10. The summed E-state index contributed by atoms with van der Waals surface area (Å²) in [5.41, 5.74) is 5.65. The Labute approximate surface area is 125 Å². The van der Waals surface area contributed by atoms with E-state index in [0.717, 1.165) is 0 Å². The van der Waals surface area contributed by atoms with Crippen LogP contribution < -0.4 is 0 Å². The minimum atomic E-state index is 0. The minimum Gasteiger partial charge on any atom is -0.211 e. The Balaban J connectivity index is 0.000000292. The molecule has 2 aromatic carbocycles. The van der Waals surface area contributed by atoms with Gasteiger partial charge in [0.05, 0.1) is 0 Å². The minimum absolute atomic E-state index is 0. The van der Waals surface area contributed by atoms with Gasteiger partial charge in [0, 0.05) is 25.8 Å². The van der Waals surface area contributed by atoms with Crippen molar-refractivity contribution in [2.24, 2.45) is 0 Å². The van der Waals surface area contributed by atoms with Crippen molar-refractivity contribution in [3.05, 3.63) is 58.7 Å². The molecule has 0 saturated carbocycles. The summed E-state index contributed by atoms with van der Waals surface area (Å²) in [5.74, 6) is 0. The largest absolute Gasteiger partial charge is 0.211 e. The van der Waals surface area contributed by atoms with Gasteiger partial charge >= 0.3 is 0 Å². The smallest absolute Gasteiger partial charge is 0 e. The molecular weight excluding hydrogens is 371 g/mol. The van der Waals surface area contributed by atoms with E-state index in [1.54, 1.807) is 0 Å². The molecule has 0 unspecified atom stereocenters. The molecule has 0 fully saturated rings. The predicted molar refractivity (Wildman–Crippen MR) is 72.3 cm³/mol. The molecule has 0 N–H and O–H groups in total. The number of rotatable bonds is 2. The van der Waals surface area contributed by atoms with E-state index in [1.807, 2.05) is 0 Å². The first-order chi connectivity index (χ1) is 7.65. The van der Waals surface area contributed by atoms with Crippen LogP contribution in [-0.2, 0) is 38.7 Å². The van der Waals surface area contributed by atoms with E-state index in [4.69, 9.17) is 0 Å². The van der Waals surface area contributed by atoms with Crippen LogP contribution in [0.1, 0.15) is 36.1 Å². The SMILES string of the molecule is CCc1cc[c-](CC)c1.Cc1cc[c-](C)c1.[Hf]. The zero-order valence-electron chi connectivity index (χ0n) is 11.4. The molecule has 92 valence electrons. The molecule has 2 rings (SSSR count). The molecule has 1 heteroatoms. The van der Waals surface area contributed by atoms with Crippen molar-refractivity contribution in [2.45, 2.75) is 40.5 Å². The molecule has 0 radical (unpaired) electrons. The Morgan fingerprint density at radius 3 is 2.00 bits per heavy atom. The van der Waals surface area contributed by atoms with Crippen LogP contribution in [-0.4, -0.2) is 0 Å². The van der Waals surface area contributed by atoms with Crippen molar-refractivity contribution in [3.63, 3.8) is 0 Å². The summed E-state index contributed by atoms with van der Waals surface area (Å²) in [7, 11) is 0. The summed E-state index contributed by atoms with van der Waals surface area (Å²) in [6.45, 7) is 8.59.